The molecule has 4 aromatic heterocycles. The van der Waals surface area contributed by atoms with Gasteiger partial charge in [0.2, 0.25) is 0 Å². The first kappa shape index (κ1) is 46.8. The van der Waals surface area contributed by atoms with E-state index in [4.69, 9.17) is 8.83 Å². The van der Waals surface area contributed by atoms with Crippen LogP contribution in [-0.4, -0.2) is 61.8 Å². The maximum absolute atomic E-state index is 11.2. The number of furan rings is 2. The van der Waals surface area contributed by atoms with Gasteiger partial charge in [-0.3, -0.25) is 29.1 Å². The molecule has 4 heterocycles. The summed E-state index contributed by atoms with van der Waals surface area (Å²) < 4.78 is 10.7. The average Bonchev–Trinajstić information content (AvgIpc) is 3.82. The Balaban J connectivity index is 0.000000360. The van der Waals surface area contributed by atoms with E-state index in [1.807, 2.05) is 59.7 Å². The molecule has 4 aromatic rings. The molecule has 0 unspecified atom stereocenters. The fraction of sp³-hybridized carbons (Fsp3) is 0.476. The first-order chi connectivity index (χ1) is 24.8. The van der Waals surface area contributed by atoms with Gasteiger partial charge in [0.1, 0.15) is 23.5 Å². The zero-order chi connectivity index (χ0) is 41.7. The fourth-order valence-corrected chi connectivity index (χ4v) is 4.20. The first-order valence-corrected chi connectivity index (χ1v) is 17.8. The molecular formula is C42H62N6O6. The number of carbonyl (C=O) groups is 4. The summed E-state index contributed by atoms with van der Waals surface area (Å²) in [5, 5.41) is 10.2. The van der Waals surface area contributed by atoms with Crippen LogP contribution >= 0.6 is 0 Å². The van der Waals surface area contributed by atoms with Gasteiger partial charge in [0.25, 0.3) is 23.6 Å². The van der Waals surface area contributed by atoms with Gasteiger partial charge in [-0.2, -0.15) is 0 Å². The first-order valence-electron chi connectivity index (χ1n) is 17.8. The van der Waals surface area contributed by atoms with Crippen LogP contribution in [0.2, 0.25) is 0 Å². The molecule has 0 fully saturated rings. The lowest BCUT2D eigenvalue weighted by Gasteiger charge is -2.18. The van der Waals surface area contributed by atoms with Crippen molar-refractivity contribution in [1.29, 1.82) is 0 Å². The van der Waals surface area contributed by atoms with E-state index in [0.717, 1.165) is 22.8 Å². The van der Waals surface area contributed by atoms with Gasteiger partial charge in [-0.25, -0.2) is 0 Å². The van der Waals surface area contributed by atoms with Crippen LogP contribution in [0, 0.1) is 0 Å². The van der Waals surface area contributed by atoms with E-state index in [9.17, 15) is 19.2 Å². The molecule has 0 spiro atoms. The highest BCUT2D eigenvalue weighted by Gasteiger charge is 2.21. The molecule has 0 bridgehead atoms. The van der Waals surface area contributed by atoms with Crippen LogP contribution in [0.1, 0.15) is 148 Å². The molecule has 0 atom stereocenters. The summed E-state index contributed by atoms with van der Waals surface area (Å²) >= 11 is 0. The van der Waals surface area contributed by atoms with E-state index in [2.05, 4.69) is 72.8 Å². The smallest absolute Gasteiger partial charge is 0.286 e. The Hall–Kier alpha value is -5.26. The molecule has 0 saturated carbocycles. The van der Waals surface area contributed by atoms with Crippen molar-refractivity contribution in [3.05, 3.63) is 106 Å². The summed E-state index contributed by atoms with van der Waals surface area (Å²) in [6.07, 6.45) is 4.85. The van der Waals surface area contributed by atoms with Gasteiger partial charge in [0.05, 0.1) is 11.1 Å². The Bertz CT molecular complexity index is 1660. The number of hydrogen-bond acceptors (Lipinski definition) is 8. The highest BCUT2D eigenvalue weighted by Crippen LogP contribution is 2.25. The van der Waals surface area contributed by atoms with Gasteiger partial charge in [-0.1, -0.05) is 89.2 Å². The molecule has 54 heavy (non-hydrogen) atoms. The SMILES string of the molecule is CNC(=O)c1ccc(C(C)(C)C)cn1.CNC(=O)c1ccc(C(C)(C)C)nc1.CNC(=O)c1ccc(C(C)(C)C)o1.CNC(=O)c1coc(C(C)(C)C)c1. The van der Waals surface area contributed by atoms with E-state index < -0.39 is 0 Å². The maximum Gasteiger partial charge on any atom is 0.286 e. The van der Waals surface area contributed by atoms with Crippen LogP contribution in [0.4, 0.5) is 0 Å². The van der Waals surface area contributed by atoms with Gasteiger partial charge in [0.15, 0.2) is 5.76 Å². The van der Waals surface area contributed by atoms with Gasteiger partial charge >= 0.3 is 0 Å². The second-order valence-corrected chi connectivity index (χ2v) is 16.5. The van der Waals surface area contributed by atoms with Crippen LogP contribution in [0.15, 0.2) is 70.0 Å². The van der Waals surface area contributed by atoms with Crippen LogP contribution in [-0.2, 0) is 21.7 Å². The number of carbonyl (C=O) groups excluding carboxylic acids is 4. The minimum Gasteiger partial charge on any atom is -0.468 e. The monoisotopic (exact) mass is 746 g/mol. The van der Waals surface area contributed by atoms with Gasteiger partial charge < -0.3 is 30.1 Å². The largest absolute Gasteiger partial charge is 0.468 e. The van der Waals surface area contributed by atoms with Crippen molar-refractivity contribution in [3.63, 3.8) is 0 Å². The number of hydrogen-bond donors (Lipinski definition) is 4. The van der Waals surface area contributed by atoms with Crippen molar-refractivity contribution in [1.82, 2.24) is 31.2 Å². The molecule has 0 saturated heterocycles. The Morgan fingerprint density at radius 2 is 1.06 bits per heavy atom. The van der Waals surface area contributed by atoms with Crippen molar-refractivity contribution in [2.24, 2.45) is 0 Å². The minimum absolute atomic E-state index is 0.0290. The normalized spacial score (nSPS) is 11.3. The van der Waals surface area contributed by atoms with Crippen LogP contribution in [0.5, 0.6) is 0 Å². The van der Waals surface area contributed by atoms with Crippen molar-refractivity contribution in [2.75, 3.05) is 28.2 Å². The average molecular weight is 747 g/mol. The standard InChI is InChI=1S/2C11H16N2O.2C10H15NO2/c1-11(2,3)8-5-6-9(13-7-8)10(14)12-4;1-11(2,3)9-6-5-8(7-13-9)10(14)12-4;1-10(2,3)8-5-7(6-13-8)9(12)11-4;1-10(2,3)8-6-5-7(13-8)9(12)11-4/h2*5-7H,1-4H3,(H,12,14);2*5-6H,1-4H3,(H,11,12). The second kappa shape index (κ2) is 19.7. The van der Waals surface area contributed by atoms with Crippen LogP contribution < -0.4 is 21.3 Å². The third-order valence-electron chi connectivity index (χ3n) is 7.73. The number of amides is 4. The number of pyridine rings is 2. The molecule has 0 radical (unpaired) electrons. The van der Waals surface area contributed by atoms with Gasteiger partial charge in [-0.15, -0.1) is 0 Å². The van der Waals surface area contributed by atoms with E-state index in [-0.39, 0.29) is 45.3 Å². The van der Waals surface area contributed by atoms with E-state index >= 15 is 0 Å². The van der Waals surface area contributed by atoms with Crippen molar-refractivity contribution >= 4 is 23.6 Å². The Morgan fingerprint density at radius 1 is 0.519 bits per heavy atom. The Kier molecular flexibility index (Phi) is 17.1. The molecule has 12 heteroatoms. The summed E-state index contributed by atoms with van der Waals surface area (Å²) in [4.78, 5) is 53.1. The van der Waals surface area contributed by atoms with E-state index in [1.54, 1.807) is 64.8 Å². The summed E-state index contributed by atoms with van der Waals surface area (Å²) in [7, 11) is 6.40. The third-order valence-corrected chi connectivity index (χ3v) is 7.73. The number of rotatable bonds is 4. The summed E-state index contributed by atoms with van der Waals surface area (Å²) in [6, 6.07) is 12.7. The summed E-state index contributed by atoms with van der Waals surface area (Å²) in [5.41, 5.74) is 3.76. The predicted molar refractivity (Wildman–Crippen MR) is 214 cm³/mol. The predicted octanol–water partition coefficient (Wildman–Crippen LogP) is 7.35. The lowest BCUT2D eigenvalue weighted by atomic mass is 9.88. The van der Waals surface area contributed by atoms with Crippen molar-refractivity contribution < 1.29 is 28.0 Å². The molecule has 4 rings (SSSR count). The molecule has 4 N–H and O–H groups in total. The van der Waals surface area contributed by atoms with Crippen molar-refractivity contribution in [2.45, 2.75) is 105 Å². The number of nitrogens with one attached hydrogen (secondary N) is 4. The molecular weight excluding hydrogens is 684 g/mol. The lowest BCUT2D eigenvalue weighted by Crippen LogP contribution is -2.20. The number of aromatic nitrogens is 2. The third kappa shape index (κ3) is 15.0. The molecule has 0 aromatic carbocycles. The zero-order valence-electron chi connectivity index (χ0n) is 35.1. The van der Waals surface area contributed by atoms with E-state index in [1.165, 1.54) is 6.26 Å². The van der Waals surface area contributed by atoms with Crippen LogP contribution in [0.3, 0.4) is 0 Å². The molecule has 12 nitrogen and oxygen atoms in total. The van der Waals surface area contributed by atoms with E-state index in [0.29, 0.717) is 22.6 Å². The second-order valence-electron chi connectivity index (χ2n) is 16.5. The number of nitrogens with zero attached hydrogens (tertiary/aromatic N) is 2. The summed E-state index contributed by atoms with van der Waals surface area (Å²) in [5.74, 6) is 1.47. The molecule has 0 aliphatic carbocycles. The Morgan fingerprint density at radius 3 is 1.43 bits per heavy atom. The molecule has 4 amide bonds. The topological polar surface area (TPSA) is 168 Å². The quantitative estimate of drug-likeness (QED) is 0.168. The zero-order valence-corrected chi connectivity index (χ0v) is 35.1. The highest BCUT2D eigenvalue weighted by atomic mass is 16.4. The highest BCUT2D eigenvalue weighted by molar-refractivity contribution is 5.94. The maximum atomic E-state index is 11.2. The fourth-order valence-electron chi connectivity index (χ4n) is 4.20. The molecule has 296 valence electrons. The molecule has 0 aliphatic rings. The summed E-state index contributed by atoms with van der Waals surface area (Å²) in [6.45, 7) is 24.9. The molecule has 0 aliphatic heterocycles. The van der Waals surface area contributed by atoms with Gasteiger partial charge in [-0.05, 0) is 47.4 Å². The lowest BCUT2D eigenvalue weighted by molar-refractivity contribution is 0.0928. The van der Waals surface area contributed by atoms with Crippen LogP contribution in [0.25, 0.3) is 0 Å². The van der Waals surface area contributed by atoms with Crippen molar-refractivity contribution in [3.8, 4) is 0 Å². The Labute approximate surface area is 321 Å². The van der Waals surface area contributed by atoms with Gasteiger partial charge in [0, 0.05) is 62.5 Å². The minimum atomic E-state index is -0.185.